The second-order valence-electron chi connectivity index (χ2n) is 9.81. The maximum Gasteiger partial charge on any atom is 0.261 e. The van der Waals surface area contributed by atoms with Crippen LogP contribution in [-0.4, -0.2) is 41.7 Å². The summed E-state index contributed by atoms with van der Waals surface area (Å²) in [5.74, 6) is 4.98. The number of anilines is 1. The molecular weight excluding hydrogens is 408 g/mol. The topological polar surface area (TPSA) is 47.9 Å². The van der Waals surface area contributed by atoms with E-state index in [2.05, 4.69) is 49.2 Å². The lowest BCUT2D eigenvalue weighted by atomic mass is 9.93. The van der Waals surface area contributed by atoms with Crippen LogP contribution in [0.1, 0.15) is 55.2 Å². The van der Waals surface area contributed by atoms with E-state index in [1.54, 1.807) is 4.90 Å². The van der Waals surface area contributed by atoms with Crippen molar-refractivity contribution in [3.05, 3.63) is 77.1 Å². The van der Waals surface area contributed by atoms with Crippen molar-refractivity contribution in [3.63, 3.8) is 0 Å². The monoisotopic (exact) mass is 440 g/mol. The number of benzene rings is 2. The number of amides is 1. The minimum atomic E-state index is -0.507. The number of para-hydroxylation sites is 1. The molecule has 4 rings (SSSR count). The first-order chi connectivity index (χ1) is 15.7. The molecule has 2 aliphatic heterocycles. The number of nitrogens with one attached hydrogen (secondary N) is 1. The van der Waals surface area contributed by atoms with Crippen LogP contribution in [0.25, 0.3) is 0 Å². The van der Waals surface area contributed by atoms with Crippen molar-refractivity contribution in [2.75, 3.05) is 25.5 Å². The lowest BCUT2D eigenvalue weighted by molar-refractivity contribution is 0.0792. The molecule has 5 nitrogen and oxygen atoms in total. The van der Waals surface area contributed by atoms with Crippen LogP contribution in [0.15, 0.2) is 65.4 Å². The number of amidine groups is 1. The van der Waals surface area contributed by atoms with Gasteiger partial charge in [0, 0.05) is 24.6 Å². The van der Waals surface area contributed by atoms with E-state index in [1.807, 2.05) is 56.3 Å². The van der Waals surface area contributed by atoms with Crippen molar-refractivity contribution in [2.45, 2.75) is 33.7 Å². The zero-order chi connectivity index (χ0) is 23.8. The van der Waals surface area contributed by atoms with Crippen molar-refractivity contribution in [1.29, 1.82) is 0 Å². The van der Waals surface area contributed by atoms with Gasteiger partial charge in [0.15, 0.2) is 0 Å². The lowest BCUT2D eigenvalue weighted by Gasteiger charge is -2.34. The molecule has 0 radical (unpaired) electrons. The van der Waals surface area contributed by atoms with Crippen LogP contribution in [0.3, 0.4) is 0 Å². The number of fused-ring (bicyclic) bond motifs is 2. The fourth-order valence-corrected chi connectivity index (χ4v) is 4.45. The number of terminal acetylenes is 1. The summed E-state index contributed by atoms with van der Waals surface area (Å²) in [6.45, 7) is 9.69. The van der Waals surface area contributed by atoms with Crippen molar-refractivity contribution in [3.8, 4) is 12.3 Å². The molecule has 2 aliphatic rings. The Morgan fingerprint density at radius 2 is 1.85 bits per heavy atom. The predicted molar refractivity (Wildman–Crippen MR) is 135 cm³/mol. The van der Waals surface area contributed by atoms with Crippen LogP contribution in [0.2, 0.25) is 0 Å². The first-order valence-corrected chi connectivity index (χ1v) is 11.5. The van der Waals surface area contributed by atoms with Gasteiger partial charge in [-0.05, 0) is 43.5 Å². The molecule has 1 N–H and O–H groups in total. The molecule has 0 aromatic heterocycles. The van der Waals surface area contributed by atoms with Gasteiger partial charge in [-0.3, -0.25) is 14.7 Å². The first-order valence-electron chi connectivity index (χ1n) is 11.5. The van der Waals surface area contributed by atoms with E-state index >= 15 is 0 Å². The molecular formula is C28H32N4O. The maximum atomic E-state index is 13.6. The molecule has 2 heterocycles. The van der Waals surface area contributed by atoms with Gasteiger partial charge in [0.25, 0.3) is 5.91 Å². The van der Waals surface area contributed by atoms with Crippen LogP contribution < -0.4 is 5.32 Å². The van der Waals surface area contributed by atoms with Gasteiger partial charge >= 0.3 is 0 Å². The zero-order valence-corrected chi connectivity index (χ0v) is 20.1. The molecule has 33 heavy (non-hydrogen) atoms. The minimum absolute atomic E-state index is 0.0416. The molecule has 0 fully saturated rings. The quantitative estimate of drug-likeness (QED) is 0.655. The number of rotatable bonds is 5. The molecule has 1 amide bonds. The van der Waals surface area contributed by atoms with Gasteiger partial charge in [-0.2, -0.15) is 0 Å². The van der Waals surface area contributed by atoms with Gasteiger partial charge < -0.3 is 10.2 Å². The minimum Gasteiger partial charge on any atom is -0.359 e. The highest BCUT2D eigenvalue weighted by Crippen LogP contribution is 2.36. The second-order valence-corrected chi connectivity index (χ2v) is 9.81. The molecule has 0 aliphatic carbocycles. The summed E-state index contributed by atoms with van der Waals surface area (Å²) in [6, 6.07) is 15.8. The SMILES string of the molecule is C#CC(C)(C)/C=C1\Nc2ccccc2C(=O)N1CC1N=C(N(C)CC(C)C)c2ccccc21. The molecule has 170 valence electrons. The molecule has 2 aromatic carbocycles. The summed E-state index contributed by atoms with van der Waals surface area (Å²) in [5.41, 5.74) is 3.22. The molecule has 5 heteroatoms. The highest BCUT2D eigenvalue weighted by Gasteiger charge is 2.35. The second kappa shape index (κ2) is 8.78. The summed E-state index contributed by atoms with van der Waals surface area (Å²) in [6.07, 6.45) is 7.72. The van der Waals surface area contributed by atoms with Crippen molar-refractivity contribution >= 4 is 17.4 Å². The van der Waals surface area contributed by atoms with Gasteiger partial charge in [0.1, 0.15) is 11.7 Å². The molecule has 2 aromatic rings. The Hall–Kier alpha value is -3.52. The first kappa shape index (κ1) is 22.7. The third-order valence-electron chi connectivity index (χ3n) is 6.02. The van der Waals surface area contributed by atoms with E-state index in [0.717, 1.165) is 29.2 Å². The fourth-order valence-electron chi connectivity index (χ4n) is 4.45. The molecule has 1 unspecified atom stereocenters. The van der Waals surface area contributed by atoms with Gasteiger partial charge in [0.05, 0.1) is 23.8 Å². The number of carbonyl (C=O) groups is 1. The van der Waals surface area contributed by atoms with Gasteiger partial charge in [-0.25, -0.2) is 0 Å². The molecule has 0 saturated heterocycles. The lowest BCUT2D eigenvalue weighted by Crippen LogP contribution is -2.40. The Balaban J connectivity index is 1.73. The molecule has 0 bridgehead atoms. The summed E-state index contributed by atoms with van der Waals surface area (Å²) in [5, 5.41) is 3.44. The van der Waals surface area contributed by atoms with E-state index < -0.39 is 5.41 Å². The van der Waals surface area contributed by atoms with E-state index in [1.165, 1.54) is 0 Å². The summed E-state index contributed by atoms with van der Waals surface area (Å²) in [7, 11) is 2.09. The molecule has 0 spiro atoms. The Kier molecular flexibility index (Phi) is 6.03. The van der Waals surface area contributed by atoms with E-state index in [9.17, 15) is 4.79 Å². The average Bonchev–Trinajstić information content (AvgIpc) is 3.14. The summed E-state index contributed by atoms with van der Waals surface area (Å²) in [4.78, 5) is 22.7. The van der Waals surface area contributed by atoms with Crippen LogP contribution in [-0.2, 0) is 0 Å². The zero-order valence-electron chi connectivity index (χ0n) is 20.1. The predicted octanol–water partition coefficient (Wildman–Crippen LogP) is 5.14. The third kappa shape index (κ3) is 4.52. The Bertz CT molecular complexity index is 1170. The van der Waals surface area contributed by atoms with E-state index in [0.29, 0.717) is 23.8 Å². The van der Waals surface area contributed by atoms with Crippen molar-refractivity contribution in [1.82, 2.24) is 9.80 Å². The smallest absolute Gasteiger partial charge is 0.261 e. The Labute approximate surface area is 197 Å². The number of hydrogen-bond donors (Lipinski definition) is 1. The fraction of sp³-hybridized carbons (Fsp3) is 0.357. The molecule has 0 saturated carbocycles. The van der Waals surface area contributed by atoms with E-state index in [-0.39, 0.29) is 11.9 Å². The van der Waals surface area contributed by atoms with Crippen LogP contribution in [0, 0.1) is 23.7 Å². The number of carbonyl (C=O) groups excluding carboxylic acids is 1. The van der Waals surface area contributed by atoms with Crippen LogP contribution in [0.4, 0.5) is 5.69 Å². The van der Waals surface area contributed by atoms with Crippen molar-refractivity contribution in [2.24, 2.45) is 16.3 Å². The summed E-state index contributed by atoms with van der Waals surface area (Å²) < 4.78 is 0. The number of aliphatic imine (C=N–C) groups is 1. The maximum absolute atomic E-state index is 13.6. The van der Waals surface area contributed by atoms with Crippen LogP contribution >= 0.6 is 0 Å². The summed E-state index contributed by atoms with van der Waals surface area (Å²) >= 11 is 0. The number of hydrogen-bond acceptors (Lipinski definition) is 4. The van der Waals surface area contributed by atoms with Gasteiger partial charge in [0.2, 0.25) is 0 Å². The Morgan fingerprint density at radius 3 is 2.55 bits per heavy atom. The van der Waals surface area contributed by atoms with Crippen molar-refractivity contribution < 1.29 is 4.79 Å². The van der Waals surface area contributed by atoms with Crippen LogP contribution in [0.5, 0.6) is 0 Å². The largest absolute Gasteiger partial charge is 0.359 e. The van der Waals surface area contributed by atoms with E-state index in [4.69, 9.17) is 11.4 Å². The van der Waals surface area contributed by atoms with Gasteiger partial charge in [-0.1, -0.05) is 56.2 Å². The number of nitrogens with zero attached hydrogens (tertiary/aromatic N) is 3. The number of allylic oxidation sites excluding steroid dienone is 1. The highest BCUT2D eigenvalue weighted by molar-refractivity contribution is 6.04. The molecule has 1 atom stereocenters. The normalized spacial score (nSPS) is 18.5. The average molecular weight is 441 g/mol. The highest BCUT2D eigenvalue weighted by atomic mass is 16.2. The third-order valence-corrected chi connectivity index (χ3v) is 6.02. The Morgan fingerprint density at radius 1 is 1.18 bits per heavy atom. The standard InChI is InChI=1S/C28H32N4O/c1-7-28(4,5)16-25-29-23-15-11-10-14-22(23)27(33)32(25)18-24-20-12-8-9-13-21(20)26(30-24)31(6)17-19(2)3/h1,8-16,19,24,29H,17-18H2,2-6H3/b25-16+. The van der Waals surface area contributed by atoms with Gasteiger partial charge in [-0.15, -0.1) is 6.42 Å².